The van der Waals surface area contributed by atoms with E-state index in [9.17, 15) is 14.3 Å². The molecule has 0 radical (unpaired) electrons. The van der Waals surface area contributed by atoms with Gasteiger partial charge in [-0.05, 0) is 36.2 Å². The lowest BCUT2D eigenvalue weighted by Gasteiger charge is -2.19. The molecule has 2 N–H and O–H groups in total. The van der Waals surface area contributed by atoms with Crippen LogP contribution in [0, 0.1) is 11.7 Å². The van der Waals surface area contributed by atoms with E-state index >= 15 is 0 Å². The maximum absolute atomic E-state index is 13.9. The summed E-state index contributed by atoms with van der Waals surface area (Å²) >= 11 is 9.43. The molecule has 0 heterocycles. The fourth-order valence-electron chi connectivity index (χ4n) is 2.48. The van der Waals surface area contributed by atoms with E-state index in [-0.39, 0.29) is 18.1 Å². The van der Waals surface area contributed by atoms with Gasteiger partial charge in [0.05, 0.1) is 5.02 Å². The maximum Gasteiger partial charge on any atom is 0.320 e. The van der Waals surface area contributed by atoms with Gasteiger partial charge in [0.1, 0.15) is 24.2 Å². The number of carbonyl (C=O) groups is 1. The third kappa shape index (κ3) is 5.43. The number of carboxylic acids is 1. The number of nitrogens with one attached hydrogen (secondary N) is 1. The van der Waals surface area contributed by atoms with Gasteiger partial charge in [0.2, 0.25) is 0 Å². The molecular formula is C19H20BrClFNO3. The average Bonchev–Trinajstić information content (AvgIpc) is 2.55. The average molecular weight is 445 g/mol. The van der Waals surface area contributed by atoms with Gasteiger partial charge in [-0.1, -0.05) is 47.4 Å². The Morgan fingerprint density at radius 3 is 2.69 bits per heavy atom. The van der Waals surface area contributed by atoms with Crippen LogP contribution < -0.4 is 10.1 Å². The molecule has 26 heavy (non-hydrogen) atoms. The van der Waals surface area contributed by atoms with E-state index in [1.54, 1.807) is 18.2 Å². The quantitative estimate of drug-likeness (QED) is 0.600. The van der Waals surface area contributed by atoms with Crippen LogP contribution in [0.25, 0.3) is 0 Å². The molecule has 4 nitrogen and oxygen atoms in total. The highest BCUT2D eigenvalue weighted by Crippen LogP contribution is 2.26. The number of carboxylic acid groups (broad SMARTS) is 1. The second kappa shape index (κ2) is 9.35. The molecule has 140 valence electrons. The summed E-state index contributed by atoms with van der Waals surface area (Å²) in [6, 6.07) is 9.18. The third-order valence-electron chi connectivity index (χ3n) is 3.90. The van der Waals surface area contributed by atoms with Gasteiger partial charge in [0.25, 0.3) is 0 Å². The molecule has 2 rings (SSSR count). The lowest BCUT2D eigenvalue weighted by atomic mass is 10.0. The van der Waals surface area contributed by atoms with Crippen molar-refractivity contribution in [3.63, 3.8) is 0 Å². The molecule has 0 saturated carbocycles. The zero-order valence-corrected chi connectivity index (χ0v) is 16.8. The van der Waals surface area contributed by atoms with Gasteiger partial charge in [-0.3, -0.25) is 10.1 Å². The van der Waals surface area contributed by atoms with Crippen LogP contribution in [0.15, 0.2) is 40.9 Å². The number of rotatable bonds is 8. The van der Waals surface area contributed by atoms with Crippen LogP contribution in [0.5, 0.6) is 5.75 Å². The number of benzene rings is 2. The third-order valence-corrected chi connectivity index (χ3v) is 4.75. The van der Waals surface area contributed by atoms with E-state index in [0.29, 0.717) is 17.3 Å². The van der Waals surface area contributed by atoms with Gasteiger partial charge >= 0.3 is 5.97 Å². The molecule has 0 saturated heterocycles. The molecule has 2 aromatic carbocycles. The molecule has 0 aromatic heterocycles. The van der Waals surface area contributed by atoms with Crippen molar-refractivity contribution in [1.82, 2.24) is 5.32 Å². The Balaban J connectivity index is 2.15. The smallest absolute Gasteiger partial charge is 0.320 e. The van der Waals surface area contributed by atoms with Gasteiger partial charge in [0.15, 0.2) is 0 Å². The summed E-state index contributed by atoms with van der Waals surface area (Å²) < 4.78 is 20.5. The number of ether oxygens (including phenoxy) is 1. The topological polar surface area (TPSA) is 58.6 Å². The van der Waals surface area contributed by atoms with Crippen molar-refractivity contribution in [2.45, 2.75) is 33.0 Å². The number of hydrogen-bond donors (Lipinski definition) is 2. The van der Waals surface area contributed by atoms with Gasteiger partial charge in [-0.15, -0.1) is 0 Å². The molecule has 1 atom stereocenters. The van der Waals surface area contributed by atoms with Gasteiger partial charge in [0, 0.05) is 22.1 Å². The zero-order valence-electron chi connectivity index (χ0n) is 14.4. The van der Waals surface area contributed by atoms with E-state index in [0.717, 1.165) is 10.0 Å². The first kappa shape index (κ1) is 20.7. The molecule has 0 aliphatic rings. The van der Waals surface area contributed by atoms with Crippen LogP contribution in [0.4, 0.5) is 4.39 Å². The summed E-state index contributed by atoms with van der Waals surface area (Å²) in [6.07, 6.45) is 0. The Labute approximate surface area is 165 Å². The van der Waals surface area contributed by atoms with Crippen molar-refractivity contribution in [1.29, 1.82) is 0 Å². The Bertz CT molecular complexity index is 765. The minimum Gasteiger partial charge on any atom is -0.488 e. The van der Waals surface area contributed by atoms with Crippen molar-refractivity contribution >= 4 is 33.5 Å². The SMILES string of the molecule is CC(C)C(NCc1cc(Br)ccc1OCc1c(F)cccc1Cl)C(=O)O. The number of halogens is 3. The summed E-state index contributed by atoms with van der Waals surface area (Å²) in [5.41, 5.74) is 1.04. The first-order valence-corrected chi connectivity index (χ1v) is 9.27. The van der Waals surface area contributed by atoms with E-state index in [4.69, 9.17) is 16.3 Å². The molecule has 0 aliphatic carbocycles. The van der Waals surface area contributed by atoms with Gasteiger partial charge < -0.3 is 9.84 Å². The lowest BCUT2D eigenvalue weighted by molar-refractivity contribution is -0.140. The van der Waals surface area contributed by atoms with E-state index < -0.39 is 17.8 Å². The minimum atomic E-state index is -0.907. The van der Waals surface area contributed by atoms with Crippen molar-refractivity contribution in [2.24, 2.45) is 5.92 Å². The number of hydrogen-bond acceptors (Lipinski definition) is 3. The van der Waals surface area contributed by atoms with Crippen LogP contribution in [0.3, 0.4) is 0 Å². The van der Waals surface area contributed by atoms with Crippen LogP contribution in [-0.4, -0.2) is 17.1 Å². The molecule has 0 fully saturated rings. The molecule has 2 aromatic rings. The van der Waals surface area contributed by atoms with Crippen LogP contribution in [-0.2, 0) is 17.9 Å². The Hall–Kier alpha value is -1.63. The largest absolute Gasteiger partial charge is 0.488 e. The second-order valence-electron chi connectivity index (χ2n) is 6.18. The lowest BCUT2D eigenvalue weighted by Crippen LogP contribution is -2.40. The Kier molecular flexibility index (Phi) is 7.43. The highest BCUT2D eigenvalue weighted by Gasteiger charge is 2.21. The summed E-state index contributed by atoms with van der Waals surface area (Å²) in [7, 11) is 0. The fraction of sp³-hybridized carbons (Fsp3) is 0.316. The Morgan fingerprint density at radius 2 is 2.08 bits per heavy atom. The van der Waals surface area contributed by atoms with Crippen molar-refractivity contribution in [3.8, 4) is 5.75 Å². The first-order valence-electron chi connectivity index (χ1n) is 8.10. The summed E-state index contributed by atoms with van der Waals surface area (Å²) in [5, 5.41) is 12.6. The van der Waals surface area contributed by atoms with Crippen molar-refractivity contribution in [3.05, 3.63) is 62.8 Å². The predicted octanol–water partition coefficient (Wildman–Crippen LogP) is 5.02. The van der Waals surface area contributed by atoms with Crippen LogP contribution in [0.1, 0.15) is 25.0 Å². The van der Waals surface area contributed by atoms with Crippen molar-refractivity contribution in [2.75, 3.05) is 0 Å². The van der Waals surface area contributed by atoms with E-state index in [1.165, 1.54) is 12.1 Å². The van der Waals surface area contributed by atoms with E-state index in [1.807, 2.05) is 19.9 Å². The number of aliphatic carboxylic acids is 1. The van der Waals surface area contributed by atoms with E-state index in [2.05, 4.69) is 21.2 Å². The Morgan fingerprint density at radius 1 is 1.35 bits per heavy atom. The highest BCUT2D eigenvalue weighted by molar-refractivity contribution is 9.10. The monoisotopic (exact) mass is 443 g/mol. The van der Waals surface area contributed by atoms with Crippen molar-refractivity contribution < 1.29 is 19.0 Å². The molecular weight excluding hydrogens is 425 g/mol. The highest BCUT2D eigenvalue weighted by atomic mass is 79.9. The zero-order chi connectivity index (χ0) is 19.3. The summed E-state index contributed by atoms with van der Waals surface area (Å²) in [4.78, 5) is 11.3. The predicted molar refractivity (Wildman–Crippen MR) is 103 cm³/mol. The maximum atomic E-state index is 13.9. The molecule has 0 aliphatic heterocycles. The normalized spacial score (nSPS) is 12.2. The summed E-state index contributed by atoms with van der Waals surface area (Å²) in [5.74, 6) is -0.871. The fourth-order valence-corrected chi connectivity index (χ4v) is 3.10. The minimum absolute atomic E-state index is 0.0212. The molecule has 0 spiro atoms. The van der Waals surface area contributed by atoms with Gasteiger partial charge in [-0.2, -0.15) is 0 Å². The second-order valence-corrected chi connectivity index (χ2v) is 7.50. The summed E-state index contributed by atoms with van der Waals surface area (Å²) in [6.45, 7) is 3.95. The molecule has 7 heteroatoms. The molecule has 0 bridgehead atoms. The van der Waals surface area contributed by atoms with Crippen LogP contribution in [0.2, 0.25) is 5.02 Å². The van der Waals surface area contributed by atoms with Crippen LogP contribution >= 0.6 is 27.5 Å². The molecule has 1 unspecified atom stereocenters. The first-order chi connectivity index (χ1) is 12.3. The van der Waals surface area contributed by atoms with Gasteiger partial charge in [-0.25, -0.2) is 4.39 Å². The molecule has 0 amide bonds. The standard InChI is InChI=1S/C19H20BrClFNO3/c1-11(2)18(19(24)25)23-9-12-8-13(20)6-7-17(12)26-10-14-15(21)4-3-5-16(14)22/h3-8,11,18,23H,9-10H2,1-2H3,(H,24,25).